The van der Waals surface area contributed by atoms with Crippen molar-refractivity contribution < 1.29 is 14.7 Å². The van der Waals surface area contributed by atoms with Crippen molar-refractivity contribution >= 4 is 26.5 Å². The van der Waals surface area contributed by atoms with Crippen LogP contribution < -0.4 is 0 Å². The van der Waals surface area contributed by atoms with Crippen LogP contribution in [0, 0.1) is 0 Å². The molecule has 6 nitrogen and oxygen atoms in total. The molecule has 0 aromatic carbocycles. The summed E-state index contributed by atoms with van der Waals surface area (Å²) in [5, 5.41) is 13.8. The summed E-state index contributed by atoms with van der Waals surface area (Å²) in [6.07, 6.45) is 3.28. The number of aliphatic hydroxyl groups is 1. The predicted molar refractivity (Wildman–Crippen MR) is 81.9 cm³/mol. The number of amidine groups is 1. The second-order valence-electron chi connectivity index (χ2n) is 5.24. The molecular formula is C13H24BrN3O3. The van der Waals surface area contributed by atoms with Gasteiger partial charge in [-0.2, -0.15) is 0 Å². The molecule has 0 aliphatic carbocycles. The topological polar surface area (TPSA) is 65.4 Å². The van der Waals surface area contributed by atoms with Gasteiger partial charge in [-0.05, 0) is 41.9 Å². The predicted octanol–water partition coefficient (Wildman–Crippen LogP) is 1.04. The highest BCUT2D eigenvalue weighted by molar-refractivity contribution is 9.18. The molecule has 0 radical (unpaired) electrons. The molecule has 116 valence electrons. The second kappa shape index (κ2) is 9.31. The van der Waals surface area contributed by atoms with Crippen molar-refractivity contribution in [3.05, 3.63) is 0 Å². The van der Waals surface area contributed by atoms with Crippen LogP contribution in [-0.2, 0) is 9.63 Å². The zero-order valence-electron chi connectivity index (χ0n) is 12.2. The van der Waals surface area contributed by atoms with Gasteiger partial charge in [0.25, 0.3) is 0 Å². The number of piperidine rings is 1. The van der Waals surface area contributed by atoms with Crippen molar-refractivity contribution in [1.29, 1.82) is 0 Å². The SMILES string of the molecule is CN(C)C(CC(=O)Br)=NOCC(O)CN1CCCCC1. The number of carbonyl (C=O) groups excluding carboxylic acids is 1. The number of aliphatic hydroxyl groups excluding tert-OH is 1. The third-order valence-corrected chi connectivity index (χ3v) is 3.45. The molecule has 0 aromatic rings. The minimum atomic E-state index is -0.556. The quantitative estimate of drug-likeness (QED) is 0.322. The lowest BCUT2D eigenvalue weighted by Crippen LogP contribution is -2.38. The lowest BCUT2D eigenvalue weighted by atomic mass is 10.1. The van der Waals surface area contributed by atoms with Crippen LogP contribution in [0.3, 0.4) is 0 Å². The van der Waals surface area contributed by atoms with E-state index in [9.17, 15) is 9.90 Å². The molecule has 1 rings (SSSR count). The maximum absolute atomic E-state index is 11.0. The minimum absolute atomic E-state index is 0.143. The van der Waals surface area contributed by atoms with E-state index in [1.54, 1.807) is 19.0 Å². The van der Waals surface area contributed by atoms with Gasteiger partial charge in [0, 0.05) is 20.6 Å². The summed E-state index contributed by atoms with van der Waals surface area (Å²) in [6, 6.07) is 0. The number of carbonyl (C=O) groups is 1. The molecule has 1 saturated heterocycles. The average Bonchev–Trinajstić information content (AvgIpc) is 2.38. The van der Waals surface area contributed by atoms with E-state index in [0.717, 1.165) is 13.1 Å². The van der Waals surface area contributed by atoms with Gasteiger partial charge in [0.2, 0.25) is 4.69 Å². The Bertz CT molecular complexity index is 331. The molecule has 0 bridgehead atoms. The van der Waals surface area contributed by atoms with Gasteiger partial charge in [-0.1, -0.05) is 11.6 Å². The summed E-state index contributed by atoms with van der Waals surface area (Å²) in [5.74, 6) is 0.525. The first-order chi connectivity index (χ1) is 9.49. The second-order valence-corrected chi connectivity index (χ2v) is 6.13. The van der Waals surface area contributed by atoms with E-state index in [2.05, 4.69) is 26.0 Å². The van der Waals surface area contributed by atoms with Gasteiger partial charge in [-0.15, -0.1) is 0 Å². The van der Waals surface area contributed by atoms with Crippen molar-refractivity contribution in [1.82, 2.24) is 9.80 Å². The fourth-order valence-corrected chi connectivity index (χ4v) is 2.34. The van der Waals surface area contributed by atoms with Gasteiger partial charge in [-0.3, -0.25) is 4.79 Å². The molecule has 1 atom stereocenters. The van der Waals surface area contributed by atoms with E-state index in [4.69, 9.17) is 4.84 Å². The van der Waals surface area contributed by atoms with Gasteiger partial charge in [0.05, 0.1) is 6.42 Å². The lowest BCUT2D eigenvalue weighted by molar-refractivity contribution is -0.109. The first kappa shape index (κ1) is 17.4. The molecule has 1 unspecified atom stereocenters. The smallest absolute Gasteiger partial charge is 0.205 e. The van der Waals surface area contributed by atoms with Gasteiger partial charge >= 0.3 is 0 Å². The molecule has 1 fully saturated rings. The van der Waals surface area contributed by atoms with Crippen LogP contribution in [0.4, 0.5) is 0 Å². The Morgan fingerprint density at radius 2 is 2.05 bits per heavy atom. The Hall–Kier alpha value is -0.660. The molecule has 1 heterocycles. The number of hydrogen-bond acceptors (Lipinski definition) is 5. The van der Waals surface area contributed by atoms with Gasteiger partial charge in [-0.25, -0.2) is 0 Å². The summed E-state index contributed by atoms with van der Waals surface area (Å²) < 4.78 is -0.151. The van der Waals surface area contributed by atoms with Crippen LogP contribution in [0.2, 0.25) is 0 Å². The number of halogens is 1. The molecule has 0 aromatic heterocycles. The van der Waals surface area contributed by atoms with Crippen LogP contribution in [0.5, 0.6) is 0 Å². The highest BCUT2D eigenvalue weighted by Gasteiger charge is 2.15. The number of rotatable bonds is 7. The largest absolute Gasteiger partial charge is 0.392 e. The van der Waals surface area contributed by atoms with Crippen molar-refractivity contribution in [2.75, 3.05) is 40.3 Å². The number of oxime groups is 1. The van der Waals surface area contributed by atoms with Gasteiger partial charge in [0.1, 0.15) is 12.7 Å². The summed E-state index contributed by atoms with van der Waals surface area (Å²) in [5.41, 5.74) is 0. The maximum atomic E-state index is 11.0. The van der Waals surface area contributed by atoms with Crippen molar-refractivity contribution in [3.8, 4) is 0 Å². The van der Waals surface area contributed by atoms with Crippen molar-refractivity contribution in [3.63, 3.8) is 0 Å². The first-order valence-electron chi connectivity index (χ1n) is 6.94. The molecule has 1 N–H and O–H groups in total. The van der Waals surface area contributed by atoms with E-state index in [1.807, 2.05) is 0 Å². The highest BCUT2D eigenvalue weighted by atomic mass is 79.9. The Morgan fingerprint density at radius 1 is 1.40 bits per heavy atom. The van der Waals surface area contributed by atoms with E-state index >= 15 is 0 Å². The molecule has 0 saturated carbocycles. The zero-order valence-corrected chi connectivity index (χ0v) is 13.8. The summed E-state index contributed by atoms with van der Waals surface area (Å²) in [6.45, 7) is 2.84. The fourth-order valence-electron chi connectivity index (χ4n) is 2.09. The number of hydrogen-bond donors (Lipinski definition) is 1. The van der Waals surface area contributed by atoms with Crippen LogP contribution in [-0.4, -0.2) is 71.9 Å². The molecule has 0 spiro atoms. The van der Waals surface area contributed by atoms with Crippen LogP contribution in [0.25, 0.3) is 0 Å². The standard InChI is InChI=1S/C13H24BrN3O3/c1-16(2)13(8-12(14)19)15-20-10-11(18)9-17-6-4-3-5-7-17/h11,18H,3-10H2,1-2H3. The minimum Gasteiger partial charge on any atom is -0.392 e. The lowest BCUT2D eigenvalue weighted by Gasteiger charge is -2.28. The molecule has 1 aliphatic heterocycles. The molecule has 0 amide bonds. The number of nitrogens with zero attached hydrogens (tertiary/aromatic N) is 3. The molecular weight excluding hydrogens is 326 g/mol. The van der Waals surface area contributed by atoms with Crippen LogP contribution in [0.15, 0.2) is 5.16 Å². The van der Waals surface area contributed by atoms with Gasteiger partial charge < -0.3 is 19.7 Å². The van der Waals surface area contributed by atoms with Gasteiger partial charge in [0.15, 0.2) is 5.84 Å². The van der Waals surface area contributed by atoms with E-state index < -0.39 is 6.10 Å². The molecule has 1 aliphatic rings. The third kappa shape index (κ3) is 7.21. The highest BCUT2D eigenvalue weighted by Crippen LogP contribution is 2.09. The first-order valence-corrected chi connectivity index (χ1v) is 7.73. The Kier molecular flexibility index (Phi) is 8.09. The molecule has 20 heavy (non-hydrogen) atoms. The Balaban J connectivity index is 2.30. The normalized spacial score (nSPS) is 18.7. The summed E-state index contributed by atoms with van der Waals surface area (Å²) in [7, 11) is 3.59. The zero-order chi connectivity index (χ0) is 15.0. The fraction of sp³-hybridized carbons (Fsp3) is 0.846. The maximum Gasteiger partial charge on any atom is 0.205 e. The Labute approximate surface area is 128 Å². The number of β-amino-alcohol motifs (C(OH)–C–C–N with tert-alkyl or cyclic N) is 1. The van der Waals surface area contributed by atoms with E-state index in [-0.39, 0.29) is 17.7 Å². The number of likely N-dealkylation sites (tertiary alicyclic amines) is 1. The van der Waals surface area contributed by atoms with Crippen molar-refractivity contribution in [2.45, 2.75) is 31.8 Å². The average molecular weight is 350 g/mol. The van der Waals surface area contributed by atoms with Crippen LogP contribution >= 0.6 is 15.9 Å². The summed E-state index contributed by atoms with van der Waals surface area (Å²) >= 11 is 2.87. The summed E-state index contributed by atoms with van der Waals surface area (Å²) in [4.78, 5) is 20.1. The van der Waals surface area contributed by atoms with E-state index in [1.165, 1.54) is 19.3 Å². The van der Waals surface area contributed by atoms with Crippen LogP contribution in [0.1, 0.15) is 25.7 Å². The Morgan fingerprint density at radius 3 is 2.60 bits per heavy atom. The third-order valence-electron chi connectivity index (χ3n) is 3.17. The van der Waals surface area contributed by atoms with E-state index in [0.29, 0.717) is 12.4 Å². The van der Waals surface area contributed by atoms with Crippen molar-refractivity contribution in [2.24, 2.45) is 5.16 Å². The monoisotopic (exact) mass is 349 g/mol. The molecule has 7 heteroatoms.